The molecule has 0 spiro atoms. The first-order chi connectivity index (χ1) is 11.7. The van der Waals surface area contributed by atoms with E-state index in [4.69, 9.17) is 0 Å². The predicted molar refractivity (Wildman–Crippen MR) is 97.6 cm³/mol. The fraction of sp³-hybridized carbons (Fsp3) is 0.700. The third-order valence-corrected chi connectivity index (χ3v) is 4.74. The van der Waals surface area contributed by atoms with Gasteiger partial charge in [-0.2, -0.15) is 0 Å². The first kappa shape index (κ1) is 20.3. The average Bonchev–Trinajstić information content (AvgIpc) is 2.55. The van der Waals surface area contributed by atoms with Crippen LogP contribution in [0.3, 0.4) is 0 Å². The Balaban J connectivity index is 1.99. The third-order valence-electron chi connectivity index (χ3n) is 4.74. The summed E-state index contributed by atoms with van der Waals surface area (Å²) in [6.07, 6.45) is 5.95. The molecule has 142 valence electrons. The van der Waals surface area contributed by atoms with Crippen LogP contribution in [0.4, 0.5) is 8.78 Å². The van der Waals surface area contributed by atoms with Crippen LogP contribution in [0.5, 0.6) is 0 Å². The molecular weight excluding hydrogens is 322 g/mol. The molecule has 0 saturated heterocycles. The van der Waals surface area contributed by atoms with Crippen molar-refractivity contribution < 1.29 is 13.9 Å². The van der Waals surface area contributed by atoms with Crippen LogP contribution < -0.4 is 10.6 Å². The van der Waals surface area contributed by atoms with E-state index in [0.29, 0.717) is 24.6 Å². The molecule has 1 aliphatic rings. The largest absolute Gasteiger partial charge is 0.390 e. The van der Waals surface area contributed by atoms with Crippen molar-refractivity contribution in [2.45, 2.75) is 83.0 Å². The average molecular weight is 354 g/mol. The molecule has 0 aliphatic heterocycles. The normalized spacial score (nSPS) is 19.0. The summed E-state index contributed by atoms with van der Waals surface area (Å²) >= 11 is 0. The van der Waals surface area contributed by atoms with Gasteiger partial charge in [-0.1, -0.05) is 25.3 Å². The lowest BCUT2D eigenvalue weighted by atomic mass is 9.94. The van der Waals surface area contributed by atoms with Gasteiger partial charge in [0.25, 0.3) is 0 Å². The zero-order chi connectivity index (χ0) is 18.4. The van der Waals surface area contributed by atoms with Crippen LogP contribution in [-0.4, -0.2) is 35.4 Å². The highest BCUT2D eigenvalue weighted by molar-refractivity contribution is 5.19. The Morgan fingerprint density at radius 2 is 1.80 bits per heavy atom. The van der Waals surface area contributed by atoms with Gasteiger partial charge in [-0.05, 0) is 57.7 Å². The highest BCUT2D eigenvalue weighted by Gasteiger charge is 2.25. The molecule has 3 nitrogen and oxygen atoms in total. The van der Waals surface area contributed by atoms with Crippen molar-refractivity contribution in [3.05, 3.63) is 35.4 Å². The van der Waals surface area contributed by atoms with E-state index in [2.05, 4.69) is 10.6 Å². The van der Waals surface area contributed by atoms with Crippen molar-refractivity contribution >= 4 is 0 Å². The van der Waals surface area contributed by atoms with E-state index in [1.165, 1.54) is 25.3 Å². The Labute approximate surface area is 150 Å². The number of hydrogen-bond donors (Lipinski definition) is 3. The van der Waals surface area contributed by atoms with E-state index in [0.717, 1.165) is 18.9 Å². The van der Waals surface area contributed by atoms with E-state index in [1.807, 2.05) is 20.8 Å². The van der Waals surface area contributed by atoms with Gasteiger partial charge in [0.2, 0.25) is 0 Å². The molecule has 0 aromatic heterocycles. The van der Waals surface area contributed by atoms with Crippen molar-refractivity contribution in [1.82, 2.24) is 10.6 Å². The number of aliphatic hydroxyl groups is 1. The van der Waals surface area contributed by atoms with Crippen molar-refractivity contribution in [1.29, 1.82) is 0 Å². The van der Waals surface area contributed by atoms with E-state index in [1.54, 1.807) is 6.07 Å². The summed E-state index contributed by atoms with van der Waals surface area (Å²) in [4.78, 5) is 0. The van der Waals surface area contributed by atoms with Crippen LogP contribution in [0.25, 0.3) is 0 Å². The molecule has 5 heteroatoms. The van der Waals surface area contributed by atoms with Gasteiger partial charge < -0.3 is 15.7 Å². The van der Waals surface area contributed by atoms with E-state index >= 15 is 0 Å². The summed E-state index contributed by atoms with van der Waals surface area (Å²) in [6.45, 7) is 6.60. The molecule has 2 rings (SSSR count). The zero-order valence-electron chi connectivity index (χ0n) is 15.6. The van der Waals surface area contributed by atoms with Crippen LogP contribution >= 0.6 is 0 Å². The third kappa shape index (κ3) is 7.00. The minimum atomic E-state index is -0.846. The number of halogens is 2. The standard InChI is InChI=1S/C20H32F2N2O/c1-20(2,3)24-18(12-14-9-10-16(21)17(22)11-14)19(25)13-23-15-7-5-4-6-8-15/h9-11,15,18-19,23-25H,4-8,12-13H2,1-3H3/t18-,19+/m0/s1. The summed E-state index contributed by atoms with van der Waals surface area (Å²) in [5.74, 6) is -1.69. The molecule has 0 bridgehead atoms. The smallest absolute Gasteiger partial charge is 0.159 e. The van der Waals surface area contributed by atoms with Crippen molar-refractivity contribution in [2.24, 2.45) is 0 Å². The van der Waals surface area contributed by atoms with Gasteiger partial charge in [-0.3, -0.25) is 0 Å². The monoisotopic (exact) mass is 354 g/mol. The molecule has 1 aliphatic carbocycles. The molecule has 1 aromatic carbocycles. The quantitative estimate of drug-likeness (QED) is 0.702. The van der Waals surface area contributed by atoms with E-state index in [9.17, 15) is 13.9 Å². The number of aliphatic hydroxyl groups excluding tert-OH is 1. The fourth-order valence-electron chi connectivity index (χ4n) is 3.50. The van der Waals surface area contributed by atoms with E-state index in [-0.39, 0.29) is 11.6 Å². The van der Waals surface area contributed by atoms with Crippen molar-refractivity contribution in [3.8, 4) is 0 Å². The molecular formula is C20H32F2N2O. The lowest BCUT2D eigenvalue weighted by Crippen LogP contribution is -2.54. The zero-order valence-corrected chi connectivity index (χ0v) is 15.6. The summed E-state index contributed by atoms with van der Waals surface area (Å²) in [5, 5.41) is 17.6. The first-order valence-electron chi connectivity index (χ1n) is 9.37. The van der Waals surface area contributed by atoms with Gasteiger partial charge in [0.05, 0.1) is 6.10 Å². The molecule has 1 saturated carbocycles. The SMILES string of the molecule is CC(C)(C)N[C@@H](Cc1ccc(F)c(F)c1)[C@H](O)CNC1CCCCC1. The van der Waals surface area contributed by atoms with Crippen LogP contribution in [-0.2, 0) is 6.42 Å². The maximum Gasteiger partial charge on any atom is 0.159 e. The van der Waals surface area contributed by atoms with Crippen LogP contribution in [0.15, 0.2) is 18.2 Å². The van der Waals surface area contributed by atoms with Gasteiger partial charge in [0.15, 0.2) is 11.6 Å². The Bertz CT molecular complexity index is 539. The molecule has 2 atom stereocenters. The Hall–Kier alpha value is -1.04. The number of hydrogen-bond acceptors (Lipinski definition) is 3. The van der Waals surface area contributed by atoms with E-state index < -0.39 is 17.7 Å². The van der Waals surface area contributed by atoms with Crippen molar-refractivity contribution in [3.63, 3.8) is 0 Å². The lowest BCUT2D eigenvalue weighted by Gasteiger charge is -2.33. The molecule has 0 unspecified atom stereocenters. The number of benzene rings is 1. The Kier molecular flexibility index (Phi) is 7.35. The molecule has 0 radical (unpaired) electrons. The lowest BCUT2D eigenvalue weighted by molar-refractivity contribution is 0.105. The topological polar surface area (TPSA) is 44.3 Å². The predicted octanol–water partition coefficient (Wildman–Crippen LogP) is 3.55. The van der Waals surface area contributed by atoms with Gasteiger partial charge in [0.1, 0.15) is 0 Å². The maximum atomic E-state index is 13.5. The second-order valence-electron chi connectivity index (χ2n) is 8.26. The maximum absolute atomic E-state index is 13.5. The summed E-state index contributed by atoms with van der Waals surface area (Å²) < 4.78 is 26.6. The first-order valence-corrected chi connectivity index (χ1v) is 9.37. The molecule has 0 heterocycles. The minimum absolute atomic E-state index is 0.185. The number of rotatable bonds is 7. The summed E-state index contributed by atoms with van der Waals surface area (Å²) in [6, 6.07) is 4.18. The van der Waals surface area contributed by atoms with Crippen LogP contribution in [0.1, 0.15) is 58.4 Å². The molecule has 1 aromatic rings. The fourth-order valence-corrected chi connectivity index (χ4v) is 3.50. The Morgan fingerprint density at radius 3 is 2.40 bits per heavy atom. The summed E-state index contributed by atoms with van der Waals surface area (Å²) in [7, 11) is 0. The Morgan fingerprint density at radius 1 is 1.12 bits per heavy atom. The summed E-state index contributed by atoms with van der Waals surface area (Å²) in [5.41, 5.74) is 0.493. The van der Waals surface area contributed by atoms with Gasteiger partial charge in [-0.15, -0.1) is 0 Å². The molecule has 25 heavy (non-hydrogen) atoms. The molecule has 3 N–H and O–H groups in total. The van der Waals surface area contributed by atoms with Gasteiger partial charge >= 0.3 is 0 Å². The second kappa shape index (κ2) is 9.06. The molecule has 0 amide bonds. The highest BCUT2D eigenvalue weighted by Crippen LogP contribution is 2.18. The molecule has 1 fully saturated rings. The second-order valence-corrected chi connectivity index (χ2v) is 8.26. The van der Waals surface area contributed by atoms with Crippen LogP contribution in [0.2, 0.25) is 0 Å². The van der Waals surface area contributed by atoms with Crippen LogP contribution in [0, 0.1) is 11.6 Å². The minimum Gasteiger partial charge on any atom is -0.390 e. The van der Waals surface area contributed by atoms with Gasteiger partial charge in [-0.25, -0.2) is 8.78 Å². The van der Waals surface area contributed by atoms with Crippen molar-refractivity contribution in [2.75, 3.05) is 6.54 Å². The number of nitrogens with one attached hydrogen (secondary N) is 2. The van der Waals surface area contributed by atoms with Gasteiger partial charge in [0, 0.05) is 24.2 Å². The highest BCUT2D eigenvalue weighted by atomic mass is 19.2.